The number of aliphatic hydroxyl groups is 1. The smallest absolute Gasteiger partial charge is 0.0741 e. The van der Waals surface area contributed by atoms with E-state index in [2.05, 4.69) is 47.2 Å². The summed E-state index contributed by atoms with van der Waals surface area (Å²) in [6, 6.07) is 4.44. The maximum Gasteiger partial charge on any atom is 0.0741 e. The van der Waals surface area contributed by atoms with Gasteiger partial charge in [0.15, 0.2) is 0 Å². The second kappa shape index (κ2) is 5.40. The van der Waals surface area contributed by atoms with Crippen molar-refractivity contribution in [3.8, 4) is 0 Å². The number of aryl methyl sites for hydroxylation is 2. The summed E-state index contributed by atoms with van der Waals surface area (Å²) in [5.74, 6) is 0. The molecule has 0 spiro atoms. The van der Waals surface area contributed by atoms with Crippen LogP contribution in [0, 0.1) is 13.8 Å². The minimum Gasteiger partial charge on any atom is -0.391 e. The topological polar surface area (TPSA) is 32.3 Å². The van der Waals surface area contributed by atoms with Crippen molar-refractivity contribution in [2.45, 2.75) is 51.7 Å². The molecule has 2 nitrogen and oxygen atoms in total. The highest BCUT2D eigenvalue weighted by Crippen LogP contribution is 2.28. The average molecular weight is 298 g/mol. The summed E-state index contributed by atoms with van der Waals surface area (Å²) in [7, 11) is 0. The number of anilines is 1. The molecule has 2 N–H and O–H groups in total. The fourth-order valence-corrected chi connectivity index (χ4v) is 3.29. The molecular formula is C14H20BrNO. The summed E-state index contributed by atoms with van der Waals surface area (Å²) in [6.45, 7) is 4.21. The van der Waals surface area contributed by atoms with Gasteiger partial charge >= 0.3 is 0 Å². The summed E-state index contributed by atoms with van der Waals surface area (Å²) in [6.07, 6.45) is 4.15. The molecule has 1 aliphatic carbocycles. The Bertz CT molecular complexity index is 382. The van der Waals surface area contributed by atoms with E-state index in [1.807, 2.05) is 0 Å². The molecule has 0 aliphatic heterocycles. The Morgan fingerprint density at radius 3 is 2.35 bits per heavy atom. The summed E-state index contributed by atoms with van der Waals surface area (Å²) in [5, 5.41) is 13.5. The molecule has 94 valence electrons. The number of benzene rings is 1. The molecule has 0 unspecified atom stereocenters. The molecule has 2 rings (SSSR count). The van der Waals surface area contributed by atoms with Gasteiger partial charge < -0.3 is 10.4 Å². The first-order valence-electron chi connectivity index (χ1n) is 6.29. The summed E-state index contributed by atoms with van der Waals surface area (Å²) >= 11 is 3.51. The van der Waals surface area contributed by atoms with Crippen molar-refractivity contribution in [1.82, 2.24) is 0 Å². The Kier molecular flexibility index (Phi) is 4.10. The number of hydrogen-bond acceptors (Lipinski definition) is 2. The van der Waals surface area contributed by atoms with Crippen LogP contribution in [0.25, 0.3) is 0 Å². The fourth-order valence-electron chi connectivity index (χ4n) is 2.60. The molecule has 0 saturated heterocycles. The minimum atomic E-state index is -0.203. The number of rotatable bonds is 2. The Hall–Kier alpha value is -0.540. The van der Waals surface area contributed by atoms with Crippen LogP contribution in [0.15, 0.2) is 16.6 Å². The van der Waals surface area contributed by atoms with Gasteiger partial charge in [-0.2, -0.15) is 0 Å². The van der Waals surface area contributed by atoms with Crippen molar-refractivity contribution in [3.63, 3.8) is 0 Å². The van der Waals surface area contributed by atoms with Gasteiger partial charge in [-0.05, 0) is 49.9 Å². The first-order valence-corrected chi connectivity index (χ1v) is 7.08. The van der Waals surface area contributed by atoms with Gasteiger partial charge in [0.05, 0.1) is 12.1 Å². The number of hydrogen-bond donors (Lipinski definition) is 2. The first-order chi connectivity index (χ1) is 8.08. The third-order valence-electron chi connectivity index (χ3n) is 3.56. The van der Waals surface area contributed by atoms with Crippen molar-refractivity contribution in [2.24, 2.45) is 0 Å². The van der Waals surface area contributed by atoms with Crippen LogP contribution in [0.2, 0.25) is 0 Å². The maximum atomic E-state index is 9.99. The van der Waals surface area contributed by atoms with E-state index in [9.17, 15) is 5.11 Å². The lowest BCUT2D eigenvalue weighted by Crippen LogP contribution is -2.36. The zero-order chi connectivity index (χ0) is 12.4. The molecule has 3 heteroatoms. The van der Waals surface area contributed by atoms with Crippen molar-refractivity contribution < 1.29 is 5.11 Å². The predicted molar refractivity (Wildman–Crippen MR) is 75.5 cm³/mol. The molecule has 0 heterocycles. The van der Waals surface area contributed by atoms with Crippen LogP contribution in [0.4, 0.5) is 5.69 Å². The Balaban J connectivity index is 2.17. The fraction of sp³-hybridized carbons (Fsp3) is 0.571. The van der Waals surface area contributed by atoms with Crippen molar-refractivity contribution in [3.05, 3.63) is 27.7 Å². The molecule has 0 radical (unpaired) electrons. The molecule has 1 aromatic carbocycles. The molecule has 1 aromatic rings. The lowest BCUT2D eigenvalue weighted by atomic mass is 9.92. The zero-order valence-electron chi connectivity index (χ0n) is 10.5. The highest BCUT2D eigenvalue weighted by Gasteiger charge is 2.23. The van der Waals surface area contributed by atoms with Gasteiger partial charge in [-0.1, -0.05) is 28.8 Å². The van der Waals surface area contributed by atoms with E-state index in [1.165, 1.54) is 23.2 Å². The van der Waals surface area contributed by atoms with E-state index in [-0.39, 0.29) is 12.1 Å². The average Bonchev–Trinajstić information content (AvgIpc) is 2.25. The van der Waals surface area contributed by atoms with Gasteiger partial charge in [0.25, 0.3) is 0 Å². The first kappa shape index (κ1) is 12.9. The van der Waals surface area contributed by atoms with Gasteiger partial charge in [0.2, 0.25) is 0 Å². The Labute approximate surface area is 112 Å². The highest BCUT2D eigenvalue weighted by atomic mass is 79.9. The molecule has 1 saturated carbocycles. The number of halogens is 1. The van der Waals surface area contributed by atoms with Gasteiger partial charge in [-0.25, -0.2) is 0 Å². The molecule has 17 heavy (non-hydrogen) atoms. The van der Waals surface area contributed by atoms with Crippen molar-refractivity contribution in [2.75, 3.05) is 5.32 Å². The van der Waals surface area contributed by atoms with Crippen LogP contribution >= 0.6 is 15.9 Å². The van der Waals surface area contributed by atoms with Crippen LogP contribution in [-0.4, -0.2) is 17.3 Å². The van der Waals surface area contributed by atoms with E-state index in [1.54, 1.807) is 0 Å². The van der Waals surface area contributed by atoms with Crippen LogP contribution in [0.1, 0.15) is 36.8 Å². The summed E-state index contributed by atoms with van der Waals surface area (Å²) in [5.41, 5.74) is 3.64. The Morgan fingerprint density at radius 1 is 1.18 bits per heavy atom. The monoisotopic (exact) mass is 297 g/mol. The second-order valence-electron chi connectivity index (χ2n) is 5.02. The van der Waals surface area contributed by atoms with E-state index in [4.69, 9.17) is 0 Å². The number of nitrogens with one attached hydrogen (secondary N) is 1. The zero-order valence-corrected chi connectivity index (χ0v) is 12.0. The van der Waals surface area contributed by atoms with Crippen LogP contribution < -0.4 is 5.32 Å². The van der Waals surface area contributed by atoms with E-state index in [0.29, 0.717) is 0 Å². The van der Waals surface area contributed by atoms with E-state index >= 15 is 0 Å². The SMILES string of the molecule is Cc1cc(Br)cc(C)c1N[C@H]1CCCC[C@@H]1O. The molecule has 1 aliphatic rings. The normalized spacial score (nSPS) is 24.7. The molecular weight excluding hydrogens is 278 g/mol. The summed E-state index contributed by atoms with van der Waals surface area (Å²) < 4.78 is 1.11. The van der Waals surface area contributed by atoms with Gasteiger partial charge in [0, 0.05) is 10.2 Å². The standard InChI is InChI=1S/C14H20BrNO/c1-9-7-11(15)8-10(2)14(9)16-12-5-3-4-6-13(12)17/h7-8,12-13,16-17H,3-6H2,1-2H3/t12-,13-/m0/s1. The molecule has 2 atom stereocenters. The largest absolute Gasteiger partial charge is 0.391 e. The number of aliphatic hydroxyl groups excluding tert-OH is 1. The quantitative estimate of drug-likeness (QED) is 0.871. The highest BCUT2D eigenvalue weighted by molar-refractivity contribution is 9.10. The van der Waals surface area contributed by atoms with Crippen LogP contribution in [-0.2, 0) is 0 Å². The third kappa shape index (κ3) is 3.02. The molecule has 0 aromatic heterocycles. The third-order valence-corrected chi connectivity index (χ3v) is 4.01. The molecule has 0 amide bonds. The van der Waals surface area contributed by atoms with E-state index < -0.39 is 0 Å². The second-order valence-corrected chi connectivity index (χ2v) is 5.93. The lowest BCUT2D eigenvalue weighted by Gasteiger charge is -2.30. The molecule has 1 fully saturated rings. The summed E-state index contributed by atoms with van der Waals surface area (Å²) in [4.78, 5) is 0. The lowest BCUT2D eigenvalue weighted by molar-refractivity contribution is 0.116. The molecule has 0 bridgehead atoms. The maximum absolute atomic E-state index is 9.99. The Morgan fingerprint density at radius 2 is 1.76 bits per heavy atom. The predicted octanol–water partition coefficient (Wildman–Crippen LogP) is 3.78. The van der Waals surface area contributed by atoms with Gasteiger partial charge in [-0.15, -0.1) is 0 Å². The van der Waals surface area contributed by atoms with Gasteiger partial charge in [0.1, 0.15) is 0 Å². The van der Waals surface area contributed by atoms with Crippen molar-refractivity contribution in [1.29, 1.82) is 0 Å². The van der Waals surface area contributed by atoms with E-state index in [0.717, 1.165) is 23.7 Å². The van der Waals surface area contributed by atoms with Crippen LogP contribution in [0.3, 0.4) is 0 Å². The van der Waals surface area contributed by atoms with Crippen molar-refractivity contribution >= 4 is 21.6 Å². The van der Waals surface area contributed by atoms with Gasteiger partial charge in [-0.3, -0.25) is 0 Å². The van der Waals surface area contributed by atoms with Crippen LogP contribution in [0.5, 0.6) is 0 Å². The minimum absolute atomic E-state index is 0.203.